The average molecular weight is 215 g/mol. The minimum Gasteiger partial charge on any atom is -0.368 e. The Morgan fingerprint density at radius 2 is 1.93 bits per heavy atom. The highest BCUT2D eigenvalue weighted by atomic mass is 16.2. The lowest BCUT2D eigenvalue weighted by atomic mass is 10.1. The minimum absolute atomic E-state index is 0.105. The van der Waals surface area contributed by atoms with Crippen LogP contribution in [0.15, 0.2) is 0 Å². The summed E-state index contributed by atoms with van der Waals surface area (Å²) in [4.78, 5) is 22.3. The third kappa shape index (κ3) is 6.06. The van der Waals surface area contributed by atoms with Crippen molar-refractivity contribution >= 4 is 11.8 Å². The molecule has 15 heavy (non-hydrogen) atoms. The van der Waals surface area contributed by atoms with Crippen molar-refractivity contribution in [2.24, 2.45) is 5.73 Å². The molecule has 5 heteroatoms. The van der Waals surface area contributed by atoms with Gasteiger partial charge in [0.25, 0.3) is 0 Å². The van der Waals surface area contributed by atoms with Gasteiger partial charge in [0.15, 0.2) is 0 Å². The third-order valence-corrected chi connectivity index (χ3v) is 2.20. The van der Waals surface area contributed by atoms with Crippen LogP contribution in [0.3, 0.4) is 0 Å². The first kappa shape index (κ1) is 13.9. The molecule has 5 nitrogen and oxygen atoms in total. The van der Waals surface area contributed by atoms with Gasteiger partial charge in [-0.05, 0) is 20.3 Å². The van der Waals surface area contributed by atoms with Crippen molar-refractivity contribution in [3.05, 3.63) is 0 Å². The van der Waals surface area contributed by atoms with Crippen LogP contribution < -0.4 is 16.4 Å². The molecule has 0 aromatic rings. The summed E-state index contributed by atoms with van der Waals surface area (Å²) in [6.07, 6.45) is 0.993. The highest BCUT2D eigenvalue weighted by molar-refractivity contribution is 5.87. The van der Waals surface area contributed by atoms with E-state index in [1.165, 1.54) is 0 Å². The predicted molar refractivity (Wildman–Crippen MR) is 59.2 cm³/mol. The molecule has 2 amide bonds. The van der Waals surface area contributed by atoms with Gasteiger partial charge in [-0.3, -0.25) is 9.59 Å². The van der Waals surface area contributed by atoms with Crippen molar-refractivity contribution in [1.82, 2.24) is 10.6 Å². The second-order valence-corrected chi connectivity index (χ2v) is 3.59. The highest BCUT2D eigenvalue weighted by Crippen LogP contribution is 1.97. The molecule has 2 atom stereocenters. The Morgan fingerprint density at radius 1 is 1.33 bits per heavy atom. The van der Waals surface area contributed by atoms with Crippen molar-refractivity contribution < 1.29 is 9.59 Å². The molecule has 0 spiro atoms. The summed E-state index contributed by atoms with van der Waals surface area (Å²) in [5.41, 5.74) is 5.20. The standard InChI is InChI=1S/C10H21N3O2/c1-4-7(3)13-8(10(11)15)6-9(14)12-5-2/h7-8,13H,4-6H2,1-3H3,(H2,11,15)(H,12,14). The van der Waals surface area contributed by atoms with Gasteiger partial charge in [-0.2, -0.15) is 0 Å². The van der Waals surface area contributed by atoms with E-state index in [-0.39, 0.29) is 18.4 Å². The molecule has 0 rings (SSSR count). The summed E-state index contributed by atoms with van der Waals surface area (Å²) in [7, 11) is 0. The van der Waals surface area contributed by atoms with Crippen LogP contribution in [0.25, 0.3) is 0 Å². The zero-order valence-corrected chi connectivity index (χ0v) is 9.67. The maximum atomic E-state index is 11.3. The first-order valence-electron chi connectivity index (χ1n) is 5.33. The van der Waals surface area contributed by atoms with E-state index in [4.69, 9.17) is 5.73 Å². The monoisotopic (exact) mass is 215 g/mol. The van der Waals surface area contributed by atoms with E-state index < -0.39 is 11.9 Å². The van der Waals surface area contributed by atoms with Gasteiger partial charge in [-0.1, -0.05) is 6.92 Å². The minimum atomic E-state index is -0.577. The molecule has 0 aromatic carbocycles. The first-order valence-corrected chi connectivity index (χ1v) is 5.33. The quantitative estimate of drug-likeness (QED) is 0.548. The molecule has 0 aliphatic heterocycles. The molecule has 0 aliphatic rings. The van der Waals surface area contributed by atoms with Crippen LogP contribution in [0.4, 0.5) is 0 Å². The molecular weight excluding hydrogens is 194 g/mol. The van der Waals surface area contributed by atoms with Gasteiger partial charge in [-0.25, -0.2) is 0 Å². The van der Waals surface area contributed by atoms with Crippen LogP contribution in [0, 0.1) is 0 Å². The molecule has 0 aliphatic carbocycles. The first-order chi connectivity index (χ1) is 7.01. The lowest BCUT2D eigenvalue weighted by Crippen LogP contribution is -2.47. The molecule has 0 bridgehead atoms. The zero-order chi connectivity index (χ0) is 11.8. The zero-order valence-electron chi connectivity index (χ0n) is 9.67. The fourth-order valence-electron chi connectivity index (χ4n) is 1.16. The number of hydrogen-bond acceptors (Lipinski definition) is 3. The molecule has 0 fully saturated rings. The molecule has 0 saturated carbocycles. The van der Waals surface area contributed by atoms with Gasteiger partial charge >= 0.3 is 0 Å². The van der Waals surface area contributed by atoms with Crippen LogP contribution in [-0.4, -0.2) is 30.4 Å². The number of hydrogen-bond donors (Lipinski definition) is 3. The topological polar surface area (TPSA) is 84.2 Å². The van der Waals surface area contributed by atoms with Crippen LogP contribution in [0.5, 0.6) is 0 Å². The van der Waals surface area contributed by atoms with E-state index in [1.54, 1.807) is 0 Å². The van der Waals surface area contributed by atoms with Gasteiger partial charge in [-0.15, -0.1) is 0 Å². The Labute approximate surface area is 90.8 Å². The van der Waals surface area contributed by atoms with E-state index >= 15 is 0 Å². The number of carbonyl (C=O) groups is 2. The van der Waals surface area contributed by atoms with E-state index in [0.717, 1.165) is 6.42 Å². The highest BCUT2D eigenvalue weighted by Gasteiger charge is 2.20. The SMILES string of the molecule is CCNC(=O)CC(NC(C)CC)C(N)=O. The van der Waals surface area contributed by atoms with Gasteiger partial charge in [0.1, 0.15) is 0 Å². The van der Waals surface area contributed by atoms with Crippen molar-refractivity contribution in [2.45, 2.75) is 45.7 Å². The van der Waals surface area contributed by atoms with Gasteiger partial charge in [0.05, 0.1) is 12.5 Å². The van der Waals surface area contributed by atoms with E-state index in [2.05, 4.69) is 10.6 Å². The average Bonchev–Trinajstić information content (AvgIpc) is 2.16. The van der Waals surface area contributed by atoms with Crippen molar-refractivity contribution in [3.63, 3.8) is 0 Å². The summed E-state index contributed by atoms with van der Waals surface area (Å²) in [5.74, 6) is -0.640. The lowest BCUT2D eigenvalue weighted by Gasteiger charge is -2.19. The molecule has 4 N–H and O–H groups in total. The van der Waals surface area contributed by atoms with Crippen LogP contribution in [-0.2, 0) is 9.59 Å². The molecule has 0 heterocycles. The Bertz CT molecular complexity index is 219. The molecule has 0 aromatic heterocycles. The van der Waals surface area contributed by atoms with Crippen LogP contribution >= 0.6 is 0 Å². The maximum absolute atomic E-state index is 11.3. The van der Waals surface area contributed by atoms with Gasteiger partial charge in [0.2, 0.25) is 11.8 Å². The number of primary amides is 1. The largest absolute Gasteiger partial charge is 0.368 e. The summed E-state index contributed by atoms with van der Waals surface area (Å²) in [6, 6.07) is -0.400. The number of nitrogens with two attached hydrogens (primary N) is 1. The van der Waals surface area contributed by atoms with Crippen LogP contribution in [0.1, 0.15) is 33.6 Å². The predicted octanol–water partition coefficient (Wildman–Crippen LogP) is -0.245. The Hall–Kier alpha value is -1.10. The van der Waals surface area contributed by atoms with E-state index in [1.807, 2.05) is 20.8 Å². The Balaban J connectivity index is 4.16. The normalized spacial score (nSPS) is 14.3. The fraction of sp³-hybridized carbons (Fsp3) is 0.800. The number of carbonyl (C=O) groups excluding carboxylic acids is 2. The van der Waals surface area contributed by atoms with Crippen LogP contribution in [0.2, 0.25) is 0 Å². The molecule has 0 saturated heterocycles. The maximum Gasteiger partial charge on any atom is 0.235 e. The summed E-state index contributed by atoms with van der Waals surface area (Å²) < 4.78 is 0. The van der Waals surface area contributed by atoms with Crippen molar-refractivity contribution in [2.75, 3.05) is 6.54 Å². The summed E-state index contributed by atoms with van der Waals surface area (Å²) >= 11 is 0. The smallest absolute Gasteiger partial charge is 0.235 e. The van der Waals surface area contributed by atoms with E-state index in [0.29, 0.717) is 6.54 Å². The second kappa shape index (κ2) is 7.23. The molecule has 2 unspecified atom stereocenters. The fourth-order valence-corrected chi connectivity index (χ4v) is 1.16. The van der Waals surface area contributed by atoms with Gasteiger partial charge in [0, 0.05) is 12.6 Å². The van der Waals surface area contributed by atoms with Crippen molar-refractivity contribution in [1.29, 1.82) is 0 Å². The van der Waals surface area contributed by atoms with E-state index in [9.17, 15) is 9.59 Å². The Morgan fingerprint density at radius 3 is 2.33 bits per heavy atom. The second-order valence-electron chi connectivity index (χ2n) is 3.59. The van der Waals surface area contributed by atoms with Crippen molar-refractivity contribution in [3.8, 4) is 0 Å². The molecule has 88 valence electrons. The molecular formula is C10H21N3O2. The summed E-state index contributed by atoms with van der Waals surface area (Å²) in [6.45, 7) is 6.35. The number of nitrogens with one attached hydrogen (secondary N) is 2. The Kier molecular flexibility index (Phi) is 6.70. The third-order valence-electron chi connectivity index (χ3n) is 2.20. The number of rotatable bonds is 7. The lowest BCUT2D eigenvalue weighted by molar-refractivity contribution is -0.126. The summed E-state index contributed by atoms with van der Waals surface area (Å²) in [5, 5.41) is 5.66. The van der Waals surface area contributed by atoms with Gasteiger partial charge < -0.3 is 16.4 Å². The number of amides is 2. The molecule has 0 radical (unpaired) electrons.